The molecule has 2 heterocycles. The Morgan fingerprint density at radius 1 is 1.33 bits per heavy atom. The molecule has 21 heavy (non-hydrogen) atoms. The van der Waals surface area contributed by atoms with Crippen molar-refractivity contribution in [3.63, 3.8) is 0 Å². The molecule has 1 aromatic heterocycles. The molecule has 2 aromatic rings. The Kier molecular flexibility index (Phi) is 3.97. The lowest BCUT2D eigenvalue weighted by molar-refractivity contribution is 0.181. The van der Waals surface area contributed by atoms with Crippen LogP contribution in [0.5, 0.6) is 0 Å². The second-order valence-electron chi connectivity index (χ2n) is 5.34. The third-order valence-corrected chi connectivity index (χ3v) is 5.03. The van der Waals surface area contributed by atoms with Gasteiger partial charge >= 0.3 is 6.03 Å². The minimum Gasteiger partial charge on any atom is -0.338 e. The number of nitrogens with one attached hydrogen (secondary N) is 1. The van der Waals surface area contributed by atoms with Crippen LogP contribution >= 0.6 is 11.3 Å². The molecule has 1 N–H and O–H groups in total. The average Bonchev–Trinajstić information content (AvgIpc) is 2.95. The van der Waals surface area contributed by atoms with Crippen molar-refractivity contribution in [2.75, 3.05) is 13.1 Å². The second kappa shape index (κ2) is 5.90. The van der Waals surface area contributed by atoms with Crippen LogP contribution in [0.3, 0.4) is 0 Å². The van der Waals surface area contributed by atoms with E-state index in [4.69, 9.17) is 0 Å². The number of fused-ring (bicyclic) bond motifs is 1. The van der Waals surface area contributed by atoms with Crippen molar-refractivity contribution in [1.82, 2.24) is 10.2 Å². The van der Waals surface area contributed by atoms with Crippen LogP contribution < -0.4 is 5.32 Å². The first-order valence-electron chi connectivity index (χ1n) is 7.38. The van der Waals surface area contributed by atoms with Gasteiger partial charge in [0.15, 0.2) is 0 Å². The second-order valence-corrected chi connectivity index (χ2v) is 6.34. The van der Waals surface area contributed by atoms with Crippen LogP contribution in [0, 0.1) is 6.92 Å². The molecule has 1 unspecified atom stereocenters. The number of nitrogens with zero attached hydrogens (tertiary/aromatic N) is 1. The van der Waals surface area contributed by atoms with E-state index in [9.17, 15) is 4.79 Å². The molecule has 0 radical (unpaired) electrons. The number of carbonyl (C=O) groups excluding carboxylic acids is 1. The average molecular weight is 300 g/mol. The van der Waals surface area contributed by atoms with Crippen LogP contribution in [-0.4, -0.2) is 24.0 Å². The molecular formula is C17H20N2OS. The SMILES string of the molecule is CCNC(=O)N1CCc2sccc2C1c1ccccc1C. The highest BCUT2D eigenvalue weighted by Gasteiger charge is 2.33. The van der Waals surface area contributed by atoms with Gasteiger partial charge in [0, 0.05) is 18.0 Å². The number of urea groups is 1. The lowest BCUT2D eigenvalue weighted by Gasteiger charge is -2.36. The smallest absolute Gasteiger partial charge is 0.318 e. The van der Waals surface area contributed by atoms with Crippen molar-refractivity contribution < 1.29 is 4.79 Å². The van der Waals surface area contributed by atoms with Gasteiger partial charge in [0.2, 0.25) is 0 Å². The van der Waals surface area contributed by atoms with Crippen LogP contribution in [0.4, 0.5) is 4.79 Å². The summed E-state index contributed by atoms with van der Waals surface area (Å²) in [5.74, 6) is 0. The first-order valence-corrected chi connectivity index (χ1v) is 8.26. The topological polar surface area (TPSA) is 32.3 Å². The molecule has 0 saturated carbocycles. The molecule has 3 nitrogen and oxygen atoms in total. The number of carbonyl (C=O) groups is 1. The summed E-state index contributed by atoms with van der Waals surface area (Å²) in [5, 5.41) is 5.08. The number of hydrogen-bond donors (Lipinski definition) is 1. The van der Waals surface area contributed by atoms with E-state index in [0.717, 1.165) is 13.0 Å². The summed E-state index contributed by atoms with van der Waals surface area (Å²) in [6.07, 6.45) is 0.951. The van der Waals surface area contributed by atoms with E-state index in [1.54, 1.807) is 11.3 Å². The molecule has 2 amide bonds. The van der Waals surface area contributed by atoms with Crippen LogP contribution in [-0.2, 0) is 6.42 Å². The Morgan fingerprint density at radius 2 is 2.14 bits per heavy atom. The van der Waals surface area contributed by atoms with E-state index < -0.39 is 0 Å². The van der Waals surface area contributed by atoms with Crippen molar-refractivity contribution >= 4 is 17.4 Å². The predicted octanol–water partition coefficient (Wildman–Crippen LogP) is 3.73. The molecule has 1 atom stereocenters. The van der Waals surface area contributed by atoms with Crippen molar-refractivity contribution in [2.45, 2.75) is 26.3 Å². The lowest BCUT2D eigenvalue weighted by atomic mass is 9.91. The van der Waals surface area contributed by atoms with Gasteiger partial charge in [-0.15, -0.1) is 11.3 Å². The Labute approximate surface area is 129 Å². The molecule has 0 spiro atoms. The maximum atomic E-state index is 12.4. The quantitative estimate of drug-likeness (QED) is 0.900. The summed E-state index contributed by atoms with van der Waals surface area (Å²) in [4.78, 5) is 15.8. The summed E-state index contributed by atoms with van der Waals surface area (Å²) in [7, 11) is 0. The zero-order valence-electron chi connectivity index (χ0n) is 12.4. The minimum absolute atomic E-state index is 0.0302. The maximum absolute atomic E-state index is 12.4. The van der Waals surface area contributed by atoms with Gasteiger partial charge in [-0.05, 0) is 48.4 Å². The zero-order chi connectivity index (χ0) is 14.8. The Morgan fingerprint density at radius 3 is 2.90 bits per heavy atom. The number of thiophene rings is 1. The predicted molar refractivity (Wildman–Crippen MR) is 86.8 cm³/mol. The van der Waals surface area contributed by atoms with Crippen LogP contribution in [0.15, 0.2) is 35.7 Å². The largest absolute Gasteiger partial charge is 0.338 e. The first kappa shape index (κ1) is 14.1. The Bertz CT molecular complexity index is 650. The van der Waals surface area contributed by atoms with Crippen molar-refractivity contribution in [2.24, 2.45) is 0 Å². The fraction of sp³-hybridized carbons (Fsp3) is 0.353. The summed E-state index contributed by atoms with van der Waals surface area (Å²) in [6.45, 7) is 5.51. The van der Waals surface area contributed by atoms with Gasteiger partial charge in [-0.3, -0.25) is 0 Å². The molecule has 0 fully saturated rings. The maximum Gasteiger partial charge on any atom is 0.318 e. The molecule has 0 bridgehead atoms. The van der Waals surface area contributed by atoms with E-state index in [1.165, 1.54) is 21.6 Å². The standard InChI is InChI=1S/C17H20N2OS/c1-3-18-17(20)19-10-8-15-14(9-11-21-15)16(19)13-7-5-4-6-12(13)2/h4-7,9,11,16H,3,8,10H2,1-2H3,(H,18,20). The minimum atomic E-state index is 0.0302. The van der Waals surface area contributed by atoms with Crippen molar-refractivity contribution in [3.05, 3.63) is 57.3 Å². The van der Waals surface area contributed by atoms with Gasteiger partial charge in [-0.25, -0.2) is 4.79 Å². The van der Waals surface area contributed by atoms with Gasteiger partial charge < -0.3 is 10.2 Å². The van der Waals surface area contributed by atoms with E-state index in [0.29, 0.717) is 6.54 Å². The normalized spacial score (nSPS) is 17.4. The molecular weight excluding hydrogens is 280 g/mol. The number of amides is 2. The van der Waals surface area contributed by atoms with Crippen molar-refractivity contribution in [1.29, 1.82) is 0 Å². The Hall–Kier alpha value is -1.81. The highest BCUT2D eigenvalue weighted by atomic mass is 32.1. The van der Waals surface area contributed by atoms with Gasteiger partial charge in [-0.1, -0.05) is 24.3 Å². The zero-order valence-corrected chi connectivity index (χ0v) is 13.2. The van der Waals surface area contributed by atoms with Gasteiger partial charge in [0.05, 0.1) is 6.04 Å². The fourth-order valence-electron chi connectivity index (χ4n) is 3.02. The molecule has 1 aromatic carbocycles. The molecule has 1 aliphatic heterocycles. The molecule has 4 heteroatoms. The molecule has 0 aliphatic carbocycles. The molecule has 3 rings (SSSR count). The van der Waals surface area contributed by atoms with Crippen LogP contribution in [0.2, 0.25) is 0 Å². The van der Waals surface area contributed by atoms with Gasteiger partial charge in [-0.2, -0.15) is 0 Å². The first-order chi connectivity index (χ1) is 10.2. The van der Waals surface area contributed by atoms with Crippen LogP contribution in [0.1, 0.15) is 34.5 Å². The number of hydrogen-bond acceptors (Lipinski definition) is 2. The fourth-order valence-corrected chi connectivity index (χ4v) is 3.92. The van der Waals surface area contributed by atoms with Crippen molar-refractivity contribution in [3.8, 4) is 0 Å². The number of aryl methyl sites for hydroxylation is 1. The van der Waals surface area contributed by atoms with E-state index in [1.807, 2.05) is 17.9 Å². The van der Waals surface area contributed by atoms with Crippen LogP contribution in [0.25, 0.3) is 0 Å². The summed E-state index contributed by atoms with van der Waals surface area (Å²) >= 11 is 1.80. The van der Waals surface area contributed by atoms with E-state index >= 15 is 0 Å². The Balaban J connectivity index is 2.06. The highest BCUT2D eigenvalue weighted by molar-refractivity contribution is 7.10. The lowest BCUT2D eigenvalue weighted by Crippen LogP contribution is -2.45. The van der Waals surface area contributed by atoms with Gasteiger partial charge in [0.25, 0.3) is 0 Å². The summed E-state index contributed by atoms with van der Waals surface area (Å²) in [5.41, 5.74) is 3.74. The third-order valence-electron chi connectivity index (χ3n) is 4.04. The molecule has 1 aliphatic rings. The summed E-state index contributed by atoms with van der Waals surface area (Å²) in [6, 6.07) is 10.6. The number of benzene rings is 1. The monoisotopic (exact) mass is 300 g/mol. The summed E-state index contributed by atoms with van der Waals surface area (Å²) < 4.78 is 0. The number of rotatable bonds is 2. The van der Waals surface area contributed by atoms with Gasteiger partial charge in [0.1, 0.15) is 0 Å². The van der Waals surface area contributed by atoms with E-state index in [-0.39, 0.29) is 12.1 Å². The highest BCUT2D eigenvalue weighted by Crippen LogP contribution is 2.38. The third kappa shape index (κ3) is 2.56. The molecule has 110 valence electrons. The molecule has 0 saturated heterocycles. The van der Waals surface area contributed by atoms with E-state index in [2.05, 4.69) is 41.9 Å².